The quantitative estimate of drug-likeness (QED) is 0.255. The van der Waals surface area contributed by atoms with Crippen LogP contribution in [0.1, 0.15) is 49.4 Å². The van der Waals surface area contributed by atoms with Crippen LogP contribution in [0, 0.1) is 11.8 Å². The van der Waals surface area contributed by atoms with Crippen molar-refractivity contribution in [3.63, 3.8) is 0 Å². The van der Waals surface area contributed by atoms with Crippen LogP contribution in [0.4, 0.5) is 0 Å². The van der Waals surface area contributed by atoms with E-state index in [0.29, 0.717) is 18.1 Å². The minimum atomic E-state index is 0.354. The van der Waals surface area contributed by atoms with Gasteiger partial charge in [0.15, 0.2) is 0 Å². The van der Waals surface area contributed by atoms with Crippen molar-refractivity contribution >= 4 is 10.9 Å². The lowest BCUT2D eigenvalue weighted by atomic mass is 10.0. The van der Waals surface area contributed by atoms with Crippen molar-refractivity contribution in [2.45, 2.75) is 49.9 Å². The van der Waals surface area contributed by atoms with Crippen LogP contribution in [0.15, 0.2) is 67.0 Å². The van der Waals surface area contributed by atoms with Gasteiger partial charge >= 0.3 is 0 Å². The van der Waals surface area contributed by atoms with Crippen molar-refractivity contribution in [1.82, 2.24) is 35.6 Å². The lowest BCUT2D eigenvalue weighted by Gasteiger charge is -2.09. The molecule has 2 aliphatic carbocycles. The summed E-state index contributed by atoms with van der Waals surface area (Å²) in [6, 6.07) is 21.6. The summed E-state index contributed by atoms with van der Waals surface area (Å²) in [4.78, 5) is 21.3. The van der Waals surface area contributed by atoms with Gasteiger partial charge in [0.2, 0.25) is 0 Å². The van der Waals surface area contributed by atoms with E-state index in [1.54, 1.807) is 0 Å². The molecule has 9 rings (SSSR count). The Morgan fingerprint density at radius 2 is 1.24 bits per heavy atom. The summed E-state index contributed by atoms with van der Waals surface area (Å²) < 4.78 is 0. The molecular formula is C31H29N7. The zero-order chi connectivity index (χ0) is 24.8. The zero-order valence-corrected chi connectivity index (χ0v) is 21.0. The van der Waals surface area contributed by atoms with Gasteiger partial charge in [0.1, 0.15) is 11.6 Å². The molecule has 7 nitrogen and oxygen atoms in total. The predicted molar refractivity (Wildman–Crippen MR) is 147 cm³/mol. The minimum Gasteiger partial charge on any atom is -0.341 e. The van der Waals surface area contributed by atoms with Gasteiger partial charge in [0.05, 0.1) is 47.1 Å². The van der Waals surface area contributed by atoms with Crippen LogP contribution >= 0.6 is 0 Å². The standard InChI is InChI=1S/C31H29N7/c1-3-17(28-14-32-30(37-28)26-12-20-10-24(20)35-26)4-2-16(1)18-5-7-22-19(9-18)6-8-23(34-22)29-15-33-31(38-29)27-13-21-11-25(21)36-27/h1-9,14-15,20-21,24-27,35-36H,10-13H2,(H,32,37)(H,33,38)/t20?,21?,24-,25-,26+,27+/m1/s1. The summed E-state index contributed by atoms with van der Waals surface area (Å²) in [7, 11) is 0. The Morgan fingerprint density at radius 3 is 1.92 bits per heavy atom. The number of aromatic nitrogens is 5. The molecular weight excluding hydrogens is 470 g/mol. The van der Waals surface area contributed by atoms with Crippen LogP contribution in [-0.4, -0.2) is 37.0 Å². The molecule has 7 heteroatoms. The van der Waals surface area contributed by atoms with Crippen LogP contribution in [0.25, 0.3) is 44.7 Å². The molecule has 4 N–H and O–H groups in total. The van der Waals surface area contributed by atoms with Gasteiger partial charge in [-0.25, -0.2) is 15.0 Å². The topological polar surface area (TPSA) is 94.3 Å². The van der Waals surface area contributed by atoms with Crippen LogP contribution in [0.2, 0.25) is 0 Å². The van der Waals surface area contributed by atoms with Gasteiger partial charge in [-0.15, -0.1) is 0 Å². The van der Waals surface area contributed by atoms with Gasteiger partial charge in [-0.1, -0.05) is 36.4 Å². The molecule has 0 amide bonds. The zero-order valence-electron chi connectivity index (χ0n) is 21.0. The molecule has 2 saturated carbocycles. The summed E-state index contributed by atoms with van der Waals surface area (Å²) in [6.45, 7) is 0. The van der Waals surface area contributed by atoms with Gasteiger partial charge in [-0.3, -0.25) is 0 Å². The third-order valence-electron chi connectivity index (χ3n) is 9.10. The average molecular weight is 500 g/mol. The van der Waals surface area contributed by atoms with E-state index in [-0.39, 0.29) is 0 Å². The van der Waals surface area contributed by atoms with E-state index in [9.17, 15) is 0 Å². The van der Waals surface area contributed by atoms with Gasteiger partial charge in [0, 0.05) is 17.5 Å². The van der Waals surface area contributed by atoms with Gasteiger partial charge in [-0.2, -0.15) is 0 Å². The number of piperidine rings is 2. The Bertz CT molecular complexity index is 1660. The Hall–Kier alpha value is -3.81. The molecule has 6 atom stereocenters. The molecule has 4 fully saturated rings. The van der Waals surface area contributed by atoms with E-state index in [0.717, 1.165) is 63.1 Å². The number of nitrogens with one attached hydrogen (secondary N) is 4. The Balaban J connectivity index is 0.938. The number of rotatable bonds is 5. The maximum atomic E-state index is 4.93. The molecule has 2 saturated heterocycles. The first kappa shape index (κ1) is 21.2. The minimum absolute atomic E-state index is 0.354. The highest BCUT2D eigenvalue weighted by Gasteiger charge is 2.47. The van der Waals surface area contributed by atoms with Crippen molar-refractivity contribution < 1.29 is 0 Å². The van der Waals surface area contributed by atoms with E-state index in [2.05, 4.69) is 85.2 Å². The fourth-order valence-electron chi connectivity index (χ4n) is 6.67. The largest absolute Gasteiger partial charge is 0.341 e. The predicted octanol–water partition coefficient (Wildman–Crippen LogP) is 5.53. The summed E-state index contributed by atoms with van der Waals surface area (Å²) in [5.41, 5.74) is 7.51. The highest BCUT2D eigenvalue weighted by molar-refractivity contribution is 5.86. The Kier molecular flexibility index (Phi) is 4.37. The Labute approximate surface area is 220 Å². The second-order valence-corrected chi connectivity index (χ2v) is 11.7. The van der Waals surface area contributed by atoms with Crippen LogP contribution in [0.3, 0.4) is 0 Å². The monoisotopic (exact) mass is 499 g/mol. The SMILES string of the molecule is c1cc(-c2cnc([C@@H]3CC4C[C@H]4N3)[nH]2)ccc1-c1ccc2nc(-c3cnc([C@@H]4CC5C[C@H]5N4)[nH]3)ccc2c1. The second-order valence-electron chi connectivity index (χ2n) is 11.7. The first-order valence-corrected chi connectivity index (χ1v) is 13.9. The number of imidazole rings is 2. The number of H-pyrrole nitrogens is 2. The maximum absolute atomic E-state index is 4.93. The molecule has 2 unspecified atom stereocenters. The number of hydrogen-bond acceptors (Lipinski definition) is 5. The summed E-state index contributed by atoms with van der Waals surface area (Å²) >= 11 is 0. The van der Waals surface area contributed by atoms with Crippen LogP contribution in [-0.2, 0) is 0 Å². The molecule has 0 radical (unpaired) electrons. The van der Waals surface area contributed by atoms with Gasteiger partial charge in [0.25, 0.3) is 0 Å². The van der Waals surface area contributed by atoms with Gasteiger partial charge < -0.3 is 20.6 Å². The first-order chi connectivity index (χ1) is 18.7. The fourth-order valence-corrected chi connectivity index (χ4v) is 6.67. The van der Waals surface area contributed by atoms with Crippen molar-refractivity contribution in [2.75, 3.05) is 0 Å². The number of aromatic amines is 2. The number of fused-ring (bicyclic) bond motifs is 3. The van der Waals surface area contributed by atoms with E-state index in [1.807, 2.05) is 12.4 Å². The smallest absolute Gasteiger partial charge is 0.123 e. The first-order valence-electron chi connectivity index (χ1n) is 13.9. The third kappa shape index (κ3) is 3.53. The highest BCUT2D eigenvalue weighted by atomic mass is 15.1. The molecule has 5 heterocycles. The molecule has 2 aromatic carbocycles. The van der Waals surface area contributed by atoms with Crippen molar-refractivity contribution in [2.24, 2.45) is 11.8 Å². The van der Waals surface area contributed by atoms with E-state index >= 15 is 0 Å². The lowest BCUT2D eigenvalue weighted by Crippen LogP contribution is -2.18. The number of hydrogen-bond donors (Lipinski definition) is 4. The third-order valence-corrected chi connectivity index (χ3v) is 9.10. The second kappa shape index (κ2) is 7.85. The molecule has 0 spiro atoms. The summed E-state index contributed by atoms with van der Waals surface area (Å²) in [5.74, 6) is 3.81. The average Bonchev–Trinajstić information content (AvgIpc) is 3.52. The van der Waals surface area contributed by atoms with Crippen molar-refractivity contribution in [1.29, 1.82) is 0 Å². The number of pyridine rings is 1. The van der Waals surface area contributed by atoms with Crippen molar-refractivity contribution in [3.05, 3.63) is 78.6 Å². The molecule has 2 aliphatic heterocycles. The fraction of sp³-hybridized carbons (Fsp3) is 0.323. The van der Waals surface area contributed by atoms with Gasteiger partial charge in [-0.05, 0) is 72.4 Å². The lowest BCUT2D eigenvalue weighted by molar-refractivity contribution is 0.543. The van der Waals surface area contributed by atoms with Crippen LogP contribution < -0.4 is 10.6 Å². The normalized spacial score (nSPS) is 28.9. The van der Waals surface area contributed by atoms with E-state index < -0.39 is 0 Å². The summed E-state index contributed by atoms with van der Waals surface area (Å²) in [6.07, 6.45) is 8.93. The van der Waals surface area contributed by atoms with E-state index in [4.69, 9.17) is 4.98 Å². The van der Waals surface area contributed by atoms with E-state index in [1.165, 1.54) is 36.8 Å². The van der Waals surface area contributed by atoms with Crippen molar-refractivity contribution in [3.8, 4) is 33.8 Å². The molecule has 0 bridgehead atoms. The molecule has 3 aromatic heterocycles. The molecule has 4 aliphatic rings. The highest BCUT2D eigenvalue weighted by Crippen LogP contribution is 2.46. The maximum Gasteiger partial charge on any atom is 0.123 e. The molecule has 5 aromatic rings. The number of benzene rings is 2. The molecule has 38 heavy (non-hydrogen) atoms. The molecule has 188 valence electrons. The summed E-state index contributed by atoms with van der Waals surface area (Å²) in [5, 5.41) is 8.48. The van der Waals surface area contributed by atoms with Crippen LogP contribution in [0.5, 0.6) is 0 Å². The number of nitrogens with zero attached hydrogens (tertiary/aromatic N) is 3. The Morgan fingerprint density at radius 1 is 0.605 bits per heavy atom.